The predicted octanol–water partition coefficient (Wildman–Crippen LogP) is 5.05. The minimum absolute atomic E-state index is 0.275. The van der Waals surface area contributed by atoms with Gasteiger partial charge in [0, 0.05) is 23.6 Å². The number of fused-ring (bicyclic) bond motifs is 1. The number of aromatic nitrogens is 2. The van der Waals surface area contributed by atoms with Gasteiger partial charge in [-0.05, 0) is 37.7 Å². The number of alkyl halides is 1. The zero-order valence-corrected chi connectivity index (χ0v) is 15.0. The largest absolute Gasteiger partial charge is 0.326 e. The predicted molar refractivity (Wildman–Crippen MR) is 95.7 cm³/mol. The van der Waals surface area contributed by atoms with Crippen molar-refractivity contribution in [3.8, 4) is 0 Å². The highest BCUT2D eigenvalue weighted by molar-refractivity contribution is 8.00. The van der Waals surface area contributed by atoms with Crippen LogP contribution in [0.25, 0.3) is 11.0 Å². The Bertz CT molecular complexity index is 594. The number of imidazole rings is 1. The molecule has 2 aromatic rings. The molecule has 0 aliphatic rings. The molecule has 1 heterocycles. The fourth-order valence-electron chi connectivity index (χ4n) is 2.97. The zero-order chi connectivity index (χ0) is 15.5. The molecule has 2 rings (SSSR count). The first-order valence-electron chi connectivity index (χ1n) is 7.66. The Morgan fingerprint density at radius 1 is 1.29 bits per heavy atom. The third-order valence-electron chi connectivity index (χ3n) is 4.53. The van der Waals surface area contributed by atoms with Crippen molar-refractivity contribution >= 4 is 34.4 Å². The molecule has 0 bridgehead atoms. The number of hydrogen-bond acceptors (Lipinski definition) is 2. The van der Waals surface area contributed by atoms with Crippen molar-refractivity contribution in [2.45, 2.75) is 51.3 Å². The number of rotatable bonds is 7. The smallest absolute Gasteiger partial charge is 0.111 e. The minimum Gasteiger partial charge on any atom is -0.326 e. The lowest BCUT2D eigenvalue weighted by atomic mass is 10.0. The second-order valence-electron chi connectivity index (χ2n) is 5.59. The second kappa shape index (κ2) is 7.06. The quantitative estimate of drug-likeness (QED) is 0.663. The first kappa shape index (κ1) is 16.7. The van der Waals surface area contributed by atoms with Crippen molar-refractivity contribution in [3.63, 3.8) is 0 Å². The van der Waals surface area contributed by atoms with E-state index in [-0.39, 0.29) is 4.75 Å². The van der Waals surface area contributed by atoms with Gasteiger partial charge < -0.3 is 4.57 Å². The van der Waals surface area contributed by atoms with Crippen molar-refractivity contribution in [1.82, 2.24) is 9.55 Å². The summed E-state index contributed by atoms with van der Waals surface area (Å²) in [4.78, 5) is 4.82. The number of thioether (sulfide) groups is 1. The first-order chi connectivity index (χ1) is 10.1. The lowest BCUT2D eigenvalue weighted by Gasteiger charge is -2.31. The van der Waals surface area contributed by atoms with E-state index in [1.165, 1.54) is 11.1 Å². The lowest BCUT2D eigenvalue weighted by molar-refractivity contribution is 0.464. The Morgan fingerprint density at radius 2 is 2.00 bits per heavy atom. The van der Waals surface area contributed by atoms with Gasteiger partial charge >= 0.3 is 0 Å². The van der Waals surface area contributed by atoms with E-state index in [1.54, 1.807) is 0 Å². The highest BCUT2D eigenvalue weighted by atomic mass is 35.5. The van der Waals surface area contributed by atoms with Crippen LogP contribution < -0.4 is 0 Å². The summed E-state index contributed by atoms with van der Waals surface area (Å²) in [6.07, 6.45) is 5.38. The maximum absolute atomic E-state index is 5.99. The standard InChI is InChI=1S/C17H25ClN2S/c1-5-17(6-2,21-4)12-20-15(10-11-18)19-14-9-7-8-13(3)16(14)20/h7-9H,5-6,10-12H2,1-4H3. The molecule has 0 aliphatic carbocycles. The van der Waals surface area contributed by atoms with Crippen LogP contribution in [-0.4, -0.2) is 26.4 Å². The molecule has 0 saturated heterocycles. The monoisotopic (exact) mass is 324 g/mol. The Balaban J connectivity index is 2.57. The van der Waals surface area contributed by atoms with Gasteiger partial charge in [-0.25, -0.2) is 4.98 Å². The molecular formula is C17H25ClN2S. The average Bonchev–Trinajstić information content (AvgIpc) is 2.84. The van der Waals surface area contributed by atoms with E-state index in [4.69, 9.17) is 16.6 Å². The highest BCUT2D eigenvalue weighted by Gasteiger charge is 2.27. The summed E-state index contributed by atoms with van der Waals surface area (Å²) in [7, 11) is 0. The molecule has 0 N–H and O–H groups in total. The van der Waals surface area contributed by atoms with Crippen LogP contribution in [0.15, 0.2) is 18.2 Å². The molecule has 0 atom stereocenters. The number of halogens is 1. The van der Waals surface area contributed by atoms with Crippen LogP contribution in [0.4, 0.5) is 0 Å². The Hall–Kier alpha value is -0.670. The maximum atomic E-state index is 5.99. The number of para-hydroxylation sites is 1. The molecule has 2 nitrogen and oxygen atoms in total. The summed E-state index contributed by atoms with van der Waals surface area (Å²) in [5.41, 5.74) is 3.67. The molecule has 1 aromatic heterocycles. The fraction of sp³-hybridized carbons (Fsp3) is 0.588. The number of nitrogens with zero attached hydrogens (tertiary/aromatic N) is 2. The number of benzene rings is 1. The summed E-state index contributed by atoms with van der Waals surface area (Å²) < 4.78 is 2.69. The molecule has 0 fully saturated rings. The zero-order valence-electron chi connectivity index (χ0n) is 13.4. The van der Waals surface area contributed by atoms with Gasteiger partial charge in [0.15, 0.2) is 0 Å². The Kier molecular flexibility index (Phi) is 5.61. The summed E-state index contributed by atoms with van der Waals surface area (Å²) in [6.45, 7) is 7.75. The van der Waals surface area contributed by atoms with Gasteiger partial charge in [-0.15, -0.1) is 11.6 Å². The van der Waals surface area contributed by atoms with Crippen LogP contribution in [-0.2, 0) is 13.0 Å². The van der Waals surface area contributed by atoms with E-state index in [9.17, 15) is 0 Å². The van der Waals surface area contributed by atoms with E-state index < -0.39 is 0 Å². The molecule has 0 unspecified atom stereocenters. The molecule has 4 heteroatoms. The van der Waals surface area contributed by atoms with Gasteiger partial charge in [0.25, 0.3) is 0 Å². The van der Waals surface area contributed by atoms with Crippen LogP contribution in [0.1, 0.15) is 38.1 Å². The lowest BCUT2D eigenvalue weighted by Crippen LogP contribution is -2.30. The van der Waals surface area contributed by atoms with Gasteiger partial charge in [-0.2, -0.15) is 11.8 Å². The number of hydrogen-bond donors (Lipinski definition) is 0. The highest BCUT2D eigenvalue weighted by Crippen LogP contribution is 2.34. The van der Waals surface area contributed by atoms with Crippen LogP contribution in [0, 0.1) is 6.92 Å². The molecule has 0 amide bonds. The molecule has 0 aliphatic heterocycles. The molecule has 0 radical (unpaired) electrons. The van der Waals surface area contributed by atoms with E-state index in [0.29, 0.717) is 5.88 Å². The van der Waals surface area contributed by atoms with E-state index >= 15 is 0 Å². The first-order valence-corrected chi connectivity index (χ1v) is 9.42. The SMILES string of the molecule is CCC(CC)(Cn1c(CCCl)nc2cccc(C)c21)SC. The van der Waals surface area contributed by atoms with Gasteiger partial charge in [0.1, 0.15) is 5.82 Å². The third-order valence-corrected chi connectivity index (χ3v) is 6.29. The fourth-order valence-corrected chi connectivity index (χ4v) is 3.98. The number of aryl methyl sites for hydroxylation is 2. The Labute approximate surface area is 137 Å². The van der Waals surface area contributed by atoms with Crippen LogP contribution in [0.3, 0.4) is 0 Å². The summed E-state index contributed by atoms with van der Waals surface area (Å²) in [5.74, 6) is 1.74. The minimum atomic E-state index is 0.275. The van der Waals surface area contributed by atoms with Gasteiger partial charge in [0.2, 0.25) is 0 Å². The van der Waals surface area contributed by atoms with Crippen molar-refractivity contribution < 1.29 is 0 Å². The average molecular weight is 325 g/mol. The molecular weight excluding hydrogens is 300 g/mol. The third kappa shape index (κ3) is 3.24. The molecule has 21 heavy (non-hydrogen) atoms. The summed E-state index contributed by atoms with van der Waals surface area (Å²) in [6, 6.07) is 6.36. The van der Waals surface area contributed by atoms with Crippen molar-refractivity contribution in [3.05, 3.63) is 29.6 Å². The Morgan fingerprint density at radius 3 is 2.57 bits per heavy atom. The van der Waals surface area contributed by atoms with Gasteiger partial charge in [-0.3, -0.25) is 0 Å². The topological polar surface area (TPSA) is 17.8 Å². The van der Waals surface area contributed by atoms with E-state index in [1.807, 2.05) is 11.8 Å². The second-order valence-corrected chi connectivity index (χ2v) is 7.24. The molecule has 0 saturated carbocycles. The normalized spacial score (nSPS) is 12.2. The van der Waals surface area contributed by atoms with Gasteiger partial charge in [0.05, 0.1) is 11.0 Å². The van der Waals surface area contributed by atoms with Crippen LogP contribution in [0.2, 0.25) is 0 Å². The van der Waals surface area contributed by atoms with Crippen LogP contribution in [0.5, 0.6) is 0 Å². The summed E-state index contributed by atoms with van der Waals surface area (Å²) >= 11 is 7.96. The van der Waals surface area contributed by atoms with Gasteiger partial charge in [-0.1, -0.05) is 26.0 Å². The molecule has 0 spiro atoms. The van der Waals surface area contributed by atoms with Crippen molar-refractivity contribution in [1.29, 1.82) is 0 Å². The van der Waals surface area contributed by atoms with Crippen LogP contribution >= 0.6 is 23.4 Å². The van der Waals surface area contributed by atoms with Crippen molar-refractivity contribution in [2.24, 2.45) is 0 Å². The maximum Gasteiger partial charge on any atom is 0.111 e. The molecule has 116 valence electrons. The van der Waals surface area contributed by atoms with Crippen molar-refractivity contribution in [2.75, 3.05) is 12.1 Å². The van der Waals surface area contributed by atoms with E-state index in [0.717, 1.165) is 37.1 Å². The van der Waals surface area contributed by atoms with E-state index in [2.05, 4.69) is 49.8 Å². The molecule has 1 aromatic carbocycles. The summed E-state index contributed by atoms with van der Waals surface area (Å²) in [5, 5.41) is 0.